The minimum Gasteiger partial charge on any atom is -0.290 e. The Bertz CT molecular complexity index is 504. The highest BCUT2D eigenvalue weighted by Gasteiger charge is 2.00. The number of aryl methyl sites for hydroxylation is 1. The van der Waals surface area contributed by atoms with Crippen molar-refractivity contribution in [1.82, 2.24) is 5.48 Å². The molecule has 0 unspecified atom stereocenters. The third kappa shape index (κ3) is 2.92. The predicted molar refractivity (Wildman–Crippen MR) is 68.7 cm³/mol. The summed E-state index contributed by atoms with van der Waals surface area (Å²) < 4.78 is 0. The van der Waals surface area contributed by atoms with E-state index in [4.69, 9.17) is 5.21 Å². The first-order chi connectivity index (χ1) is 8.29. The van der Waals surface area contributed by atoms with Crippen molar-refractivity contribution in [1.29, 1.82) is 0 Å². The first kappa shape index (κ1) is 11.4. The fourth-order valence-corrected chi connectivity index (χ4v) is 1.50. The Balaban J connectivity index is 2.33. The zero-order chi connectivity index (χ0) is 12.1. The molecule has 2 aromatic rings. The van der Waals surface area contributed by atoms with Gasteiger partial charge in [-0.1, -0.05) is 48.0 Å². The Hall–Kier alpha value is -2.13. The van der Waals surface area contributed by atoms with Crippen LogP contribution in [0.1, 0.15) is 11.1 Å². The standard InChI is InChI=1S/C14H14N2O/c1-11-7-9-13(10-8-11)15-14(16-17)12-5-3-2-4-6-12/h2-10,17H,1H3,(H,15,16). The average Bonchev–Trinajstić information content (AvgIpc) is 2.39. The highest BCUT2D eigenvalue weighted by molar-refractivity contribution is 5.99. The molecule has 0 bridgehead atoms. The fraction of sp³-hybridized carbons (Fsp3) is 0.0714. The number of nitrogens with zero attached hydrogens (tertiary/aromatic N) is 1. The maximum absolute atomic E-state index is 9.11. The van der Waals surface area contributed by atoms with Crippen LogP contribution in [0.15, 0.2) is 59.6 Å². The molecule has 0 saturated heterocycles. The van der Waals surface area contributed by atoms with Gasteiger partial charge >= 0.3 is 0 Å². The summed E-state index contributed by atoms with van der Waals surface area (Å²) in [6.07, 6.45) is 0. The Kier molecular flexibility index (Phi) is 3.52. The smallest absolute Gasteiger partial charge is 0.157 e. The maximum Gasteiger partial charge on any atom is 0.157 e. The summed E-state index contributed by atoms with van der Waals surface area (Å²) in [5.74, 6) is 0.439. The van der Waals surface area contributed by atoms with Gasteiger partial charge in [-0.2, -0.15) is 0 Å². The lowest BCUT2D eigenvalue weighted by molar-refractivity contribution is 0.235. The van der Waals surface area contributed by atoms with Crippen molar-refractivity contribution in [3.05, 3.63) is 65.7 Å². The van der Waals surface area contributed by atoms with E-state index in [0.29, 0.717) is 5.84 Å². The second kappa shape index (κ2) is 5.27. The second-order valence-electron chi connectivity index (χ2n) is 3.77. The van der Waals surface area contributed by atoms with Gasteiger partial charge in [0.25, 0.3) is 0 Å². The van der Waals surface area contributed by atoms with Crippen molar-refractivity contribution >= 4 is 11.5 Å². The molecule has 0 heterocycles. The minimum atomic E-state index is 0.439. The van der Waals surface area contributed by atoms with E-state index in [1.807, 2.05) is 61.5 Å². The molecule has 0 aliphatic rings. The molecule has 2 rings (SSSR count). The zero-order valence-corrected chi connectivity index (χ0v) is 9.59. The van der Waals surface area contributed by atoms with Crippen LogP contribution >= 0.6 is 0 Å². The lowest BCUT2D eigenvalue weighted by Crippen LogP contribution is -2.19. The summed E-state index contributed by atoms with van der Waals surface area (Å²) in [5.41, 5.74) is 4.96. The molecule has 0 fully saturated rings. The van der Waals surface area contributed by atoms with Gasteiger partial charge in [0.1, 0.15) is 0 Å². The van der Waals surface area contributed by atoms with Gasteiger partial charge in [-0.05, 0) is 19.1 Å². The number of aliphatic imine (C=N–C) groups is 1. The molecule has 0 aliphatic heterocycles. The van der Waals surface area contributed by atoms with Gasteiger partial charge in [0.15, 0.2) is 5.84 Å². The molecule has 0 aliphatic carbocycles. The highest BCUT2D eigenvalue weighted by atomic mass is 16.5. The van der Waals surface area contributed by atoms with E-state index in [2.05, 4.69) is 10.5 Å². The highest BCUT2D eigenvalue weighted by Crippen LogP contribution is 2.14. The molecule has 0 saturated carbocycles. The molecule has 86 valence electrons. The van der Waals surface area contributed by atoms with Crippen LogP contribution < -0.4 is 5.48 Å². The van der Waals surface area contributed by atoms with Gasteiger partial charge in [0, 0.05) is 5.56 Å². The SMILES string of the molecule is Cc1ccc(N=C(NO)c2ccccc2)cc1. The van der Waals surface area contributed by atoms with E-state index in [9.17, 15) is 0 Å². The van der Waals surface area contributed by atoms with E-state index < -0.39 is 0 Å². The van der Waals surface area contributed by atoms with Crippen molar-refractivity contribution in [3.8, 4) is 0 Å². The lowest BCUT2D eigenvalue weighted by atomic mass is 10.2. The number of hydroxylamine groups is 1. The van der Waals surface area contributed by atoms with Crippen LogP contribution in [0.2, 0.25) is 0 Å². The molecule has 0 amide bonds. The molecule has 3 heteroatoms. The monoisotopic (exact) mass is 226 g/mol. The molecular formula is C14H14N2O. The molecular weight excluding hydrogens is 212 g/mol. The average molecular weight is 226 g/mol. The first-order valence-corrected chi connectivity index (χ1v) is 5.40. The van der Waals surface area contributed by atoms with E-state index in [1.165, 1.54) is 5.56 Å². The van der Waals surface area contributed by atoms with Crippen LogP contribution in [0, 0.1) is 6.92 Å². The molecule has 0 radical (unpaired) electrons. The van der Waals surface area contributed by atoms with E-state index in [-0.39, 0.29) is 0 Å². The Morgan fingerprint density at radius 1 is 1.00 bits per heavy atom. The number of hydrogen-bond acceptors (Lipinski definition) is 2. The van der Waals surface area contributed by atoms with Crippen LogP contribution in [0.5, 0.6) is 0 Å². The molecule has 17 heavy (non-hydrogen) atoms. The van der Waals surface area contributed by atoms with Gasteiger partial charge in [0.2, 0.25) is 0 Å². The summed E-state index contributed by atoms with van der Waals surface area (Å²) in [7, 11) is 0. The number of rotatable bonds is 2. The van der Waals surface area contributed by atoms with Gasteiger partial charge in [0.05, 0.1) is 5.69 Å². The van der Waals surface area contributed by atoms with Crippen molar-refractivity contribution < 1.29 is 5.21 Å². The largest absolute Gasteiger partial charge is 0.290 e. The molecule has 2 N–H and O–H groups in total. The van der Waals surface area contributed by atoms with E-state index in [1.54, 1.807) is 0 Å². The van der Waals surface area contributed by atoms with Crippen LogP contribution in [-0.2, 0) is 0 Å². The fourth-order valence-electron chi connectivity index (χ4n) is 1.50. The van der Waals surface area contributed by atoms with Crippen LogP contribution in [0.25, 0.3) is 0 Å². The second-order valence-corrected chi connectivity index (χ2v) is 3.77. The number of benzene rings is 2. The molecule has 0 spiro atoms. The number of nitrogens with one attached hydrogen (secondary N) is 1. The summed E-state index contributed by atoms with van der Waals surface area (Å²) in [6.45, 7) is 2.02. The predicted octanol–water partition coefficient (Wildman–Crippen LogP) is 3.05. The van der Waals surface area contributed by atoms with Crippen LogP contribution in [-0.4, -0.2) is 11.0 Å². The first-order valence-electron chi connectivity index (χ1n) is 5.40. The number of hydrogen-bond donors (Lipinski definition) is 2. The van der Waals surface area contributed by atoms with E-state index >= 15 is 0 Å². The third-order valence-electron chi connectivity index (χ3n) is 2.43. The molecule has 3 nitrogen and oxygen atoms in total. The van der Waals surface area contributed by atoms with Gasteiger partial charge in [-0.25, -0.2) is 4.99 Å². The van der Waals surface area contributed by atoms with Gasteiger partial charge in [-0.3, -0.25) is 10.7 Å². The molecule has 2 aromatic carbocycles. The summed E-state index contributed by atoms with van der Waals surface area (Å²) in [6, 6.07) is 17.3. The summed E-state index contributed by atoms with van der Waals surface area (Å²) in [4.78, 5) is 4.34. The molecule has 0 atom stereocenters. The minimum absolute atomic E-state index is 0.439. The van der Waals surface area contributed by atoms with Gasteiger partial charge in [-0.15, -0.1) is 0 Å². The quantitative estimate of drug-likeness (QED) is 0.469. The van der Waals surface area contributed by atoms with Crippen LogP contribution in [0.3, 0.4) is 0 Å². The van der Waals surface area contributed by atoms with Crippen molar-refractivity contribution in [2.45, 2.75) is 6.92 Å². The third-order valence-corrected chi connectivity index (χ3v) is 2.43. The lowest BCUT2D eigenvalue weighted by Gasteiger charge is -2.04. The summed E-state index contributed by atoms with van der Waals surface area (Å²) >= 11 is 0. The van der Waals surface area contributed by atoms with Crippen molar-refractivity contribution in [2.75, 3.05) is 0 Å². The zero-order valence-electron chi connectivity index (χ0n) is 9.59. The van der Waals surface area contributed by atoms with Gasteiger partial charge < -0.3 is 0 Å². The Morgan fingerprint density at radius 2 is 1.65 bits per heavy atom. The normalized spacial score (nSPS) is 11.3. The Morgan fingerprint density at radius 3 is 2.24 bits per heavy atom. The van der Waals surface area contributed by atoms with E-state index in [0.717, 1.165) is 11.3 Å². The Labute approximate surface area is 100 Å². The van der Waals surface area contributed by atoms with Crippen molar-refractivity contribution in [3.63, 3.8) is 0 Å². The van der Waals surface area contributed by atoms with Crippen molar-refractivity contribution in [2.24, 2.45) is 4.99 Å². The van der Waals surface area contributed by atoms with Crippen LogP contribution in [0.4, 0.5) is 5.69 Å². The topological polar surface area (TPSA) is 44.6 Å². The maximum atomic E-state index is 9.11. The number of amidine groups is 1. The summed E-state index contributed by atoms with van der Waals surface area (Å²) in [5, 5.41) is 9.11. The molecule has 0 aromatic heterocycles.